The zero-order valence-corrected chi connectivity index (χ0v) is 15.5. The summed E-state index contributed by atoms with van der Waals surface area (Å²) in [4.78, 5) is 2.03. The fourth-order valence-corrected chi connectivity index (χ4v) is 4.41. The first-order valence-electron chi connectivity index (χ1n) is 8.87. The van der Waals surface area contributed by atoms with Crippen molar-refractivity contribution in [1.82, 2.24) is 0 Å². The molecule has 0 saturated heterocycles. The number of anilines is 1. The molecule has 1 fully saturated rings. The largest absolute Gasteiger partial charge is 0.472 e. The molecule has 24 heavy (non-hydrogen) atoms. The van der Waals surface area contributed by atoms with Crippen molar-refractivity contribution in [2.45, 2.75) is 52.6 Å². The van der Waals surface area contributed by atoms with Crippen molar-refractivity contribution in [3.8, 4) is 6.07 Å². The van der Waals surface area contributed by atoms with E-state index in [1.54, 1.807) is 0 Å². The second-order valence-electron chi connectivity index (χ2n) is 8.55. The van der Waals surface area contributed by atoms with Crippen LogP contribution in [0.4, 0.5) is 5.69 Å². The molecule has 0 radical (unpaired) electrons. The molecule has 128 valence electrons. The van der Waals surface area contributed by atoms with Crippen LogP contribution >= 0.6 is 0 Å². The maximum absolute atomic E-state index is 9.92. The van der Waals surface area contributed by atoms with Gasteiger partial charge in [-0.2, -0.15) is 5.26 Å². The van der Waals surface area contributed by atoms with Gasteiger partial charge in [-0.15, -0.1) is 0 Å². The predicted octanol–water partition coefficient (Wildman–Crippen LogP) is 5.11. The quantitative estimate of drug-likeness (QED) is 0.758. The van der Waals surface area contributed by atoms with Gasteiger partial charge in [0.15, 0.2) is 0 Å². The van der Waals surface area contributed by atoms with Gasteiger partial charge in [0.05, 0.1) is 5.57 Å². The van der Waals surface area contributed by atoms with Gasteiger partial charge in [-0.25, -0.2) is 0 Å². The lowest BCUT2D eigenvalue weighted by Gasteiger charge is -2.51. The summed E-state index contributed by atoms with van der Waals surface area (Å²) in [6, 6.07) is 12.6. The molecular weight excluding hydrogens is 296 g/mol. The van der Waals surface area contributed by atoms with Gasteiger partial charge in [-0.3, -0.25) is 0 Å². The van der Waals surface area contributed by atoms with Gasteiger partial charge in [0.1, 0.15) is 11.7 Å². The van der Waals surface area contributed by atoms with Crippen LogP contribution < -0.4 is 4.90 Å². The van der Waals surface area contributed by atoms with Gasteiger partial charge in [0.25, 0.3) is 0 Å². The highest BCUT2D eigenvalue weighted by atomic mass is 16.5. The summed E-state index contributed by atoms with van der Waals surface area (Å²) in [7, 11) is 1.99. The third-order valence-corrected chi connectivity index (χ3v) is 5.81. The van der Waals surface area contributed by atoms with E-state index >= 15 is 0 Å². The molecule has 1 aromatic carbocycles. The van der Waals surface area contributed by atoms with E-state index in [1.165, 1.54) is 6.42 Å². The normalized spacial score (nSPS) is 27.7. The van der Waals surface area contributed by atoms with E-state index in [9.17, 15) is 5.26 Å². The zero-order chi connectivity index (χ0) is 17.5. The standard InChI is InChI=1S/C21H28N2O/c1-20(2)12-11-18-16(13-20)17(14-22)19(24-21(18,3)4)23(5)15-9-7-6-8-10-15/h6-10,16,18H,11-13H2,1-5H3/t16-,18+/m1/s1. The highest BCUT2D eigenvalue weighted by Gasteiger charge is 2.50. The van der Waals surface area contributed by atoms with Crippen LogP contribution in [-0.4, -0.2) is 12.6 Å². The Morgan fingerprint density at radius 1 is 1.17 bits per heavy atom. The van der Waals surface area contributed by atoms with E-state index < -0.39 is 0 Å². The number of allylic oxidation sites excluding steroid dienone is 1. The number of rotatable bonds is 2. The number of hydrogen-bond acceptors (Lipinski definition) is 3. The van der Waals surface area contributed by atoms with Crippen molar-refractivity contribution in [3.05, 3.63) is 41.8 Å². The number of nitrogens with zero attached hydrogens (tertiary/aromatic N) is 2. The Kier molecular flexibility index (Phi) is 4.11. The van der Waals surface area contributed by atoms with E-state index in [2.05, 4.69) is 45.9 Å². The van der Waals surface area contributed by atoms with E-state index in [0.717, 1.165) is 30.0 Å². The Morgan fingerprint density at radius 3 is 2.46 bits per heavy atom. The van der Waals surface area contributed by atoms with Crippen molar-refractivity contribution >= 4 is 5.69 Å². The molecule has 3 heteroatoms. The minimum atomic E-state index is -0.250. The maximum Gasteiger partial charge on any atom is 0.208 e. The summed E-state index contributed by atoms with van der Waals surface area (Å²) >= 11 is 0. The second-order valence-corrected chi connectivity index (χ2v) is 8.55. The van der Waals surface area contributed by atoms with Crippen molar-refractivity contribution in [3.63, 3.8) is 0 Å². The van der Waals surface area contributed by atoms with Gasteiger partial charge < -0.3 is 9.64 Å². The van der Waals surface area contributed by atoms with Crippen molar-refractivity contribution < 1.29 is 4.74 Å². The molecule has 2 atom stereocenters. The van der Waals surface area contributed by atoms with Crippen LogP contribution in [0.5, 0.6) is 0 Å². The van der Waals surface area contributed by atoms with Crippen molar-refractivity contribution in [2.75, 3.05) is 11.9 Å². The Labute approximate surface area is 145 Å². The first-order valence-corrected chi connectivity index (χ1v) is 8.87. The molecule has 1 aliphatic heterocycles. The van der Waals surface area contributed by atoms with Crippen molar-refractivity contribution in [2.24, 2.45) is 17.3 Å². The zero-order valence-electron chi connectivity index (χ0n) is 15.5. The van der Waals surface area contributed by atoms with Gasteiger partial charge in [0, 0.05) is 24.6 Å². The summed E-state index contributed by atoms with van der Waals surface area (Å²) in [5.41, 5.74) is 1.90. The fraction of sp³-hybridized carbons (Fsp3) is 0.571. The molecule has 3 rings (SSSR count). The van der Waals surface area contributed by atoms with Crippen LogP contribution in [0, 0.1) is 28.6 Å². The lowest BCUT2D eigenvalue weighted by Crippen LogP contribution is -2.49. The maximum atomic E-state index is 9.92. The molecule has 0 bridgehead atoms. The van der Waals surface area contributed by atoms with Crippen LogP contribution in [0.1, 0.15) is 47.0 Å². The van der Waals surface area contributed by atoms with Crippen LogP contribution in [0.3, 0.4) is 0 Å². The Bertz CT molecular complexity index is 682. The van der Waals surface area contributed by atoms with Gasteiger partial charge >= 0.3 is 0 Å². The highest BCUT2D eigenvalue weighted by Crippen LogP contribution is 2.53. The highest BCUT2D eigenvalue weighted by molar-refractivity contribution is 5.53. The molecule has 1 saturated carbocycles. The van der Waals surface area contributed by atoms with E-state index in [1.807, 2.05) is 30.1 Å². The lowest BCUT2D eigenvalue weighted by molar-refractivity contribution is -0.0819. The third-order valence-electron chi connectivity index (χ3n) is 5.81. The van der Waals surface area contributed by atoms with Gasteiger partial charge in [-0.1, -0.05) is 32.0 Å². The monoisotopic (exact) mass is 324 g/mol. The van der Waals surface area contributed by atoms with Crippen LogP contribution in [0.15, 0.2) is 41.8 Å². The minimum Gasteiger partial charge on any atom is -0.472 e. The molecular formula is C21H28N2O. The number of ether oxygens (including phenoxy) is 1. The molecule has 1 aromatic rings. The number of hydrogen-bond donors (Lipinski definition) is 0. The summed E-state index contributed by atoms with van der Waals surface area (Å²) < 4.78 is 6.41. The topological polar surface area (TPSA) is 36.3 Å². The Morgan fingerprint density at radius 2 is 1.83 bits per heavy atom. The van der Waals surface area contributed by atoms with Crippen LogP contribution in [-0.2, 0) is 4.74 Å². The van der Waals surface area contributed by atoms with Gasteiger partial charge in [-0.05, 0) is 50.7 Å². The Hall–Kier alpha value is -1.95. The van der Waals surface area contributed by atoms with Crippen molar-refractivity contribution in [1.29, 1.82) is 5.26 Å². The number of nitriles is 1. The second kappa shape index (κ2) is 5.84. The summed E-state index contributed by atoms with van der Waals surface area (Å²) in [6.07, 6.45) is 3.38. The predicted molar refractivity (Wildman–Crippen MR) is 97.3 cm³/mol. The van der Waals surface area contributed by atoms with Gasteiger partial charge in [0.2, 0.25) is 5.88 Å². The first-order chi connectivity index (χ1) is 11.2. The molecule has 0 N–H and O–H groups in total. The van der Waals surface area contributed by atoms with E-state index in [-0.39, 0.29) is 16.9 Å². The average Bonchev–Trinajstić information content (AvgIpc) is 2.53. The number of fused-ring (bicyclic) bond motifs is 1. The summed E-state index contributed by atoms with van der Waals surface area (Å²) in [5, 5.41) is 9.92. The molecule has 0 amide bonds. The lowest BCUT2D eigenvalue weighted by atomic mass is 9.60. The molecule has 2 aliphatic rings. The SMILES string of the molecule is CN(C1=C(C#N)[C@H]2CC(C)(C)CC[C@@H]2C(C)(C)O1)c1ccccc1. The average molecular weight is 324 g/mol. The fourth-order valence-electron chi connectivity index (χ4n) is 4.41. The van der Waals surface area contributed by atoms with Crippen LogP contribution in [0.2, 0.25) is 0 Å². The molecule has 1 aliphatic carbocycles. The van der Waals surface area contributed by atoms with E-state index in [4.69, 9.17) is 4.74 Å². The minimum absolute atomic E-state index is 0.250. The Balaban J connectivity index is 2.06. The molecule has 0 aromatic heterocycles. The van der Waals surface area contributed by atoms with Crippen LogP contribution in [0.25, 0.3) is 0 Å². The molecule has 1 heterocycles. The summed E-state index contributed by atoms with van der Waals surface area (Å²) in [6.45, 7) is 8.99. The third kappa shape index (κ3) is 2.90. The van der Waals surface area contributed by atoms with E-state index in [0.29, 0.717) is 5.92 Å². The molecule has 3 nitrogen and oxygen atoms in total. The molecule has 0 unspecified atom stereocenters. The number of benzene rings is 1. The number of para-hydroxylation sites is 1. The summed E-state index contributed by atoms with van der Waals surface area (Å²) in [5.74, 6) is 1.42. The molecule has 0 spiro atoms. The first kappa shape index (κ1) is 16.9. The smallest absolute Gasteiger partial charge is 0.208 e.